The Bertz CT molecular complexity index is 1320. The highest BCUT2D eigenvalue weighted by atomic mass is 16.5. The molecule has 0 radical (unpaired) electrons. The molecule has 0 unspecified atom stereocenters. The summed E-state index contributed by atoms with van der Waals surface area (Å²) in [5.41, 5.74) is 11.7. The SMILES string of the molecule is CN=CC(=C(N)c1ccc(OC)nc1)c1cnc2ccc(Nc3cc(C)cnn3)nc2c1. The Morgan fingerprint density at radius 3 is 2.56 bits per heavy atom. The van der Waals surface area contributed by atoms with Gasteiger partial charge in [-0.15, -0.1) is 5.10 Å². The van der Waals surface area contributed by atoms with Gasteiger partial charge < -0.3 is 15.8 Å². The molecule has 0 saturated heterocycles. The van der Waals surface area contributed by atoms with Crippen molar-refractivity contribution < 1.29 is 4.74 Å². The Morgan fingerprint density at radius 2 is 1.84 bits per heavy atom. The molecule has 0 aliphatic heterocycles. The van der Waals surface area contributed by atoms with Gasteiger partial charge in [-0.2, -0.15) is 5.10 Å². The minimum atomic E-state index is 0.516. The van der Waals surface area contributed by atoms with Crippen LogP contribution in [0, 0.1) is 6.92 Å². The highest BCUT2D eigenvalue weighted by molar-refractivity contribution is 6.19. The Balaban J connectivity index is 1.73. The Kier molecular flexibility index (Phi) is 5.98. The first-order chi connectivity index (χ1) is 15.6. The molecule has 0 bridgehead atoms. The zero-order valence-corrected chi connectivity index (χ0v) is 17.9. The lowest BCUT2D eigenvalue weighted by Gasteiger charge is -2.10. The summed E-state index contributed by atoms with van der Waals surface area (Å²) in [6.07, 6.45) is 6.81. The van der Waals surface area contributed by atoms with Crippen molar-refractivity contribution in [3.63, 3.8) is 0 Å². The number of methoxy groups -OCH3 is 1. The van der Waals surface area contributed by atoms with Crippen molar-refractivity contribution in [1.29, 1.82) is 0 Å². The fraction of sp³-hybridized carbons (Fsp3) is 0.130. The van der Waals surface area contributed by atoms with Gasteiger partial charge in [-0.1, -0.05) is 0 Å². The van der Waals surface area contributed by atoms with Gasteiger partial charge in [-0.25, -0.2) is 9.97 Å². The normalized spacial score (nSPS) is 12.1. The van der Waals surface area contributed by atoms with Gasteiger partial charge in [0, 0.05) is 54.1 Å². The van der Waals surface area contributed by atoms with Crippen LogP contribution in [-0.4, -0.2) is 45.5 Å². The second kappa shape index (κ2) is 9.17. The number of hydrogen-bond acceptors (Lipinski definition) is 9. The average Bonchev–Trinajstić information content (AvgIpc) is 2.82. The summed E-state index contributed by atoms with van der Waals surface area (Å²) < 4.78 is 5.12. The predicted octanol–water partition coefficient (Wildman–Crippen LogP) is 3.40. The second-order valence-electron chi connectivity index (χ2n) is 7.01. The maximum Gasteiger partial charge on any atom is 0.212 e. The molecule has 9 heteroatoms. The molecule has 0 fully saturated rings. The molecule has 0 aliphatic carbocycles. The molecule has 0 spiro atoms. The van der Waals surface area contributed by atoms with Gasteiger partial charge in [0.05, 0.1) is 24.3 Å². The van der Waals surface area contributed by atoms with Crippen LogP contribution < -0.4 is 15.8 Å². The van der Waals surface area contributed by atoms with Gasteiger partial charge in [-0.05, 0) is 42.8 Å². The van der Waals surface area contributed by atoms with Crippen LogP contribution in [0.3, 0.4) is 0 Å². The van der Waals surface area contributed by atoms with E-state index in [-0.39, 0.29) is 0 Å². The van der Waals surface area contributed by atoms with Crippen LogP contribution >= 0.6 is 0 Å². The number of nitrogens with zero attached hydrogens (tertiary/aromatic N) is 6. The number of fused-ring (bicyclic) bond motifs is 1. The van der Waals surface area contributed by atoms with Crippen LogP contribution in [0.5, 0.6) is 5.88 Å². The quantitative estimate of drug-likeness (QED) is 0.450. The summed E-state index contributed by atoms with van der Waals surface area (Å²) in [5.74, 6) is 1.77. The molecular weight excluding hydrogens is 404 g/mol. The standard InChI is InChI=1S/C23H22N8O/c1-14-8-21(31-28-10-14)30-20-6-5-18-19(29-20)9-16(12-26-18)17(13-25-2)23(24)15-4-7-22(32-3)27-11-15/h4-13H,24H2,1-3H3,(H,29,30,31). The smallest absolute Gasteiger partial charge is 0.212 e. The number of nitrogens with two attached hydrogens (primary N) is 1. The molecule has 160 valence electrons. The maximum absolute atomic E-state index is 6.47. The number of aryl methyl sites for hydroxylation is 1. The fourth-order valence-corrected chi connectivity index (χ4v) is 3.12. The van der Waals surface area contributed by atoms with Crippen LogP contribution in [0.15, 0.2) is 60.0 Å². The molecule has 0 saturated carbocycles. The Hall–Kier alpha value is -4.40. The molecular formula is C23H22N8O. The molecule has 4 heterocycles. The molecule has 9 nitrogen and oxygen atoms in total. The maximum atomic E-state index is 6.47. The molecule has 0 aromatic carbocycles. The number of aromatic nitrogens is 5. The molecule has 4 aromatic rings. The number of aliphatic imine (C=N–C) groups is 1. The van der Waals surface area contributed by atoms with E-state index in [0.29, 0.717) is 28.7 Å². The van der Waals surface area contributed by atoms with Gasteiger partial charge in [0.2, 0.25) is 5.88 Å². The summed E-state index contributed by atoms with van der Waals surface area (Å²) >= 11 is 0. The molecule has 0 aliphatic rings. The zero-order valence-electron chi connectivity index (χ0n) is 17.9. The van der Waals surface area contributed by atoms with Crippen LogP contribution in [0.25, 0.3) is 22.3 Å². The van der Waals surface area contributed by atoms with Crippen LogP contribution in [0.2, 0.25) is 0 Å². The second-order valence-corrected chi connectivity index (χ2v) is 7.01. The third kappa shape index (κ3) is 4.51. The number of rotatable bonds is 6. The minimum absolute atomic E-state index is 0.516. The van der Waals surface area contributed by atoms with E-state index >= 15 is 0 Å². The Labute approximate surface area is 185 Å². The molecule has 0 atom stereocenters. The summed E-state index contributed by atoms with van der Waals surface area (Å²) in [7, 11) is 3.26. The lowest BCUT2D eigenvalue weighted by atomic mass is 10.0. The largest absolute Gasteiger partial charge is 0.481 e. The molecule has 4 aromatic heterocycles. The highest BCUT2D eigenvalue weighted by Gasteiger charge is 2.11. The molecule has 3 N–H and O–H groups in total. The molecule has 0 amide bonds. The molecule has 4 rings (SSSR count). The van der Waals surface area contributed by atoms with Crippen molar-refractivity contribution >= 4 is 40.2 Å². The van der Waals surface area contributed by atoms with Gasteiger partial charge in [0.1, 0.15) is 5.82 Å². The highest BCUT2D eigenvalue weighted by Crippen LogP contribution is 2.25. The van der Waals surface area contributed by atoms with E-state index in [0.717, 1.165) is 27.8 Å². The van der Waals surface area contributed by atoms with Gasteiger partial charge in [-0.3, -0.25) is 9.98 Å². The number of ether oxygens (including phenoxy) is 1. The lowest BCUT2D eigenvalue weighted by Crippen LogP contribution is -2.04. The van der Waals surface area contributed by atoms with Crippen LogP contribution in [-0.2, 0) is 0 Å². The summed E-state index contributed by atoms with van der Waals surface area (Å²) in [6.45, 7) is 1.95. The van der Waals surface area contributed by atoms with Crippen molar-refractivity contribution in [2.45, 2.75) is 6.92 Å². The Morgan fingerprint density at radius 1 is 1.00 bits per heavy atom. The van der Waals surface area contributed by atoms with E-state index < -0.39 is 0 Å². The van der Waals surface area contributed by atoms with Crippen LogP contribution in [0.1, 0.15) is 16.7 Å². The van der Waals surface area contributed by atoms with Crippen molar-refractivity contribution in [3.05, 3.63) is 71.7 Å². The van der Waals surface area contributed by atoms with Crippen molar-refractivity contribution in [3.8, 4) is 5.88 Å². The fourth-order valence-electron chi connectivity index (χ4n) is 3.12. The zero-order chi connectivity index (χ0) is 22.5. The van der Waals surface area contributed by atoms with E-state index in [1.165, 1.54) is 0 Å². The number of hydrogen-bond donors (Lipinski definition) is 2. The topological polar surface area (TPSA) is 124 Å². The predicted molar refractivity (Wildman–Crippen MR) is 126 cm³/mol. The monoisotopic (exact) mass is 426 g/mol. The third-order valence-electron chi connectivity index (χ3n) is 4.70. The summed E-state index contributed by atoms with van der Waals surface area (Å²) in [5, 5.41) is 11.2. The van der Waals surface area contributed by atoms with Crippen molar-refractivity contribution in [1.82, 2.24) is 25.1 Å². The number of pyridine rings is 3. The van der Waals surface area contributed by atoms with Gasteiger partial charge >= 0.3 is 0 Å². The minimum Gasteiger partial charge on any atom is -0.481 e. The van der Waals surface area contributed by atoms with E-state index in [1.807, 2.05) is 37.3 Å². The number of anilines is 2. The molecule has 32 heavy (non-hydrogen) atoms. The number of allylic oxidation sites excluding steroid dienone is 1. The average molecular weight is 426 g/mol. The third-order valence-corrected chi connectivity index (χ3v) is 4.70. The van der Waals surface area contributed by atoms with E-state index in [9.17, 15) is 0 Å². The lowest BCUT2D eigenvalue weighted by molar-refractivity contribution is 0.398. The van der Waals surface area contributed by atoms with Gasteiger partial charge in [0.15, 0.2) is 5.82 Å². The van der Waals surface area contributed by atoms with Crippen molar-refractivity contribution in [2.24, 2.45) is 10.7 Å². The first kappa shape index (κ1) is 20.9. The van der Waals surface area contributed by atoms with Crippen molar-refractivity contribution in [2.75, 3.05) is 19.5 Å². The number of nitrogens with one attached hydrogen (secondary N) is 1. The van der Waals surface area contributed by atoms with Crippen LogP contribution in [0.4, 0.5) is 11.6 Å². The first-order valence-electron chi connectivity index (χ1n) is 9.83. The first-order valence-corrected chi connectivity index (χ1v) is 9.83. The summed E-state index contributed by atoms with van der Waals surface area (Å²) in [4.78, 5) is 17.6. The summed E-state index contributed by atoms with van der Waals surface area (Å²) in [6, 6.07) is 11.2. The van der Waals surface area contributed by atoms with Gasteiger partial charge in [0.25, 0.3) is 0 Å². The van der Waals surface area contributed by atoms with E-state index in [1.54, 1.807) is 45.0 Å². The van der Waals surface area contributed by atoms with E-state index in [4.69, 9.17) is 10.5 Å². The van der Waals surface area contributed by atoms with E-state index in [2.05, 4.69) is 35.5 Å².